The number of ether oxygens (including phenoxy) is 1. The number of carbonyl (C=O) groups is 4. The molecule has 4 rings (SSSR count). The molecular formula is C20H18ClFN2O5. The number of fused-ring (bicyclic) bond motifs is 2. The van der Waals surface area contributed by atoms with E-state index in [-0.39, 0.29) is 43.4 Å². The van der Waals surface area contributed by atoms with Crippen molar-refractivity contribution in [3.8, 4) is 0 Å². The zero-order valence-corrected chi connectivity index (χ0v) is 16.2. The fourth-order valence-corrected chi connectivity index (χ4v) is 4.18. The molecule has 9 heteroatoms. The van der Waals surface area contributed by atoms with Gasteiger partial charge in [0.05, 0.1) is 11.6 Å². The molecule has 3 aliphatic heterocycles. The van der Waals surface area contributed by atoms with Crippen LogP contribution in [0.25, 0.3) is 0 Å². The Bertz CT molecular complexity index is 960. The Morgan fingerprint density at radius 1 is 1.14 bits per heavy atom. The van der Waals surface area contributed by atoms with E-state index < -0.39 is 35.3 Å². The van der Waals surface area contributed by atoms with E-state index in [2.05, 4.69) is 0 Å². The SMILES string of the molecule is O=C1OCCCCN2C(=O)C(=O)C3C(=O)N(Cc4ccc(F)c(Cl)c4)CCC3=C12. The van der Waals surface area contributed by atoms with Crippen LogP contribution in [0.4, 0.5) is 4.39 Å². The summed E-state index contributed by atoms with van der Waals surface area (Å²) in [6, 6.07) is 4.13. The van der Waals surface area contributed by atoms with Crippen molar-refractivity contribution in [3.63, 3.8) is 0 Å². The van der Waals surface area contributed by atoms with Crippen molar-refractivity contribution in [1.29, 1.82) is 0 Å². The van der Waals surface area contributed by atoms with Crippen LogP contribution in [0.1, 0.15) is 24.8 Å². The van der Waals surface area contributed by atoms with Crippen LogP contribution in [0, 0.1) is 11.7 Å². The van der Waals surface area contributed by atoms with Crippen molar-refractivity contribution in [2.75, 3.05) is 19.7 Å². The summed E-state index contributed by atoms with van der Waals surface area (Å²) in [5.41, 5.74) is 0.986. The standard InChI is InChI=1S/C20H18ClFN2O5/c21-13-9-11(3-4-14(13)22)10-23-7-5-12-15(18(23)26)17(25)19(27)24-6-1-2-8-29-20(28)16(12)24/h3-4,9,15H,1-2,5-8,10H2. The third-order valence-electron chi connectivity index (χ3n) is 5.41. The number of hydrogen-bond donors (Lipinski definition) is 0. The van der Waals surface area contributed by atoms with Crippen molar-refractivity contribution in [1.82, 2.24) is 9.80 Å². The van der Waals surface area contributed by atoms with Gasteiger partial charge in [0, 0.05) is 19.6 Å². The number of ketones is 1. The molecule has 1 aromatic carbocycles. The van der Waals surface area contributed by atoms with Gasteiger partial charge in [-0.25, -0.2) is 9.18 Å². The molecule has 0 aromatic heterocycles. The molecule has 0 spiro atoms. The molecule has 2 amide bonds. The highest BCUT2D eigenvalue weighted by molar-refractivity contribution is 6.43. The monoisotopic (exact) mass is 420 g/mol. The largest absolute Gasteiger partial charge is 0.461 e. The first-order chi connectivity index (χ1) is 13.9. The first kappa shape index (κ1) is 19.6. The van der Waals surface area contributed by atoms with E-state index >= 15 is 0 Å². The van der Waals surface area contributed by atoms with Crippen molar-refractivity contribution in [2.24, 2.45) is 5.92 Å². The van der Waals surface area contributed by atoms with Crippen LogP contribution in [-0.4, -0.2) is 53.1 Å². The Labute approximate surface area is 171 Å². The summed E-state index contributed by atoms with van der Waals surface area (Å²) in [5.74, 6) is -4.78. The maximum absolute atomic E-state index is 13.4. The maximum atomic E-state index is 13.4. The maximum Gasteiger partial charge on any atom is 0.355 e. The number of amides is 2. The van der Waals surface area contributed by atoms with Crippen molar-refractivity contribution >= 4 is 35.2 Å². The van der Waals surface area contributed by atoms with E-state index in [4.69, 9.17) is 16.3 Å². The molecule has 0 radical (unpaired) electrons. The second-order valence-electron chi connectivity index (χ2n) is 7.23. The Morgan fingerprint density at radius 2 is 1.93 bits per heavy atom. The number of esters is 1. The summed E-state index contributed by atoms with van der Waals surface area (Å²) in [4.78, 5) is 53.5. The lowest BCUT2D eigenvalue weighted by atomic mass is 9.81. The molecule has 29 heavy (non-hydrogen) atoms. The lowest BCUT2D eigenvalue weighted by molar-refractivity contribution is -0.156. The number of benzene rings is 1. The van der Waals surface area contributed by atoms with E-state index in [0.29, 0.717) is 24.0 Å². The normalized spacial score (nSPS) is 22.8. The average molecular weight is 421 g/mol. The minimum absolute atomic E-state index is 0.0390. The molecule has 1 unspecified atom stereocenters. The molecule has 1 aromatic rings. The van der Waals surface area contributed by atoms with Gasteiger partial charge >= 0.3 is 5.97 Å². The van der Waals surface area contributed by atoms with Gasteiger partial charge in [0.2, 0.25) is 11.7 Å². The van der Waals surface area contributed by atoms with E-state index in [1.807, 2.05) is 0 Å². The van der Waals surface area contributed by atoms with Gasteiger partial charge < -0.3 is 9.64 Å². The van der Waals surface area contributed by atoms with Gasteiger partial charge in [-0.05, 0) is 42.5 Å². The molecular weight excluding hydrogens is 403 g/mol. The molecule has 0 N–H and O–H groups in total. The number of hydrogen-bond acceptors (Lipinski definition) is 5. The topological polar surface area (TPSA) is 84.0 Å². The second kappa shape index (κ2) is 7.59. The molecule has 0 saturated carbocycles. The number of cyclic esters (lactones) is 1. The van der Waals surface area contributed by atoms with Crippen LogP contribution in [0.3, 0.4) is 0 Å². The fraction of sp³-hybridized carbons (Fsp3) is 0.400. The van der Waals surface area contributed by atoms with Gasteiger partial charge in [0.25, 0.3) is 5.91 Å². The van der Waals surface area contributed by atoms with Crippen molar-refractivity contribution in [2.45, 2.75) is 25.8 Å². The summed E-state index contributed by atoms with van der Waals surface area (Å²) in [6.07, 6.45) is 1.47. The van der Waals surface area contributed by atoms with Crippen molar-refractivity contribution < 1.29 is 28.3 Å². The summed E-state index contributed by atoms with van der Waals surface area (Å²) >= 11 is 5.80. The Morgan fingerprint density at radius 3 is 2.69 bits per heavy atom. The zero-order chi connectivity index (χ0) is 20.7. The predicted octanol–water partition coefficient (Wildman–Crippen LogP) is 1.83. The molecule has 3 aliphatic rings. The van der Waals surface area contributed by atoms with Gasteiger partial charge in [-0.15, -0.1) is 0 Å². The first-order valence-corrected chi connectivity index (χ1v) is 9.75. The minimum atomic E-state index is -1.31. The number of halogens is 2. The lowest BCUT2D eigenvalue weighted by Gasteiger charge is -2.40. The lowest BCUT2D eigenvalue weighted by Crippen LogP contribution is -2.55. The smallest absolute Gasteiger partial charge is 0.355 e. The molecule has 7 nitrogen and oxygen atoms in total. The molecule has 0 bridgehead atoms. The third kappa shape index (κ3) is 3.42. The molecule has 3 heterocycles. The van der Waals surface area contributed by atoms with Gasteiger partial charge in [-0.3, -0.25) is 19.3 Å². The summed E-state index contributed by atoms with van der Waals surface area (Å²) in [5, 5.41) is -0.0633. The molecule has 0 aliphatic carbocycles. The van der Waals surface area contributed by atoms with E-state index in [1.54, 1.807) is 0 Å². The van der Waals surface area contributed by atoms with Crippen LogP contribution in [0.2, 0.25) is 5.02 Å². The summed E-state index contributed by atoms with van der Waals surface area (Å²) in [6.45, 7) is 0.859. The molecule has 2 saturated heterocycles. The Balaban J connectivity index is 1.66. The molecule has 2 fully saturated rings. The van der Waals surface area contributed by atoms with E-state index in [9.17, 15) is 23.6 Å². The fourth-order valence-electron chi connectivity index (χ4n) is 3.97. The number of rotatable bonds is 2. The predicted molar refractivity (Wildman–Crippen MR) is 98.9 cm³/mol. The Kier molecular flexibility index (Phi) is 5.12. The number of likely N-dealkylation sites (tertiary alicyclic amines) is 1. The number of Topliss-reactive ketones (excluding diaryl/α,β-unsaturated/α-hetero) is 1. The van der Waals surface area contributed by atoms with Crippen LogP contribution < -0.4 is 0 Å². The van der Waals surface area contributed by atoms with Gasteiger partial charge in [0.15, 0.2) is 0 Å². The van der Waals surface area contributed by atoms with Crippen LogP contribution >= 0.6 is 11.6 Å². The van der Waals surface area contributed by atoms with Gasteiger partial charge in [-0.2, -0.15) is 0 Å². The van der Waals surface area contributed by atoms with E-state index in [1.165, 1.54) is 28.0 Å². The number of nitrogens with zero attached hydrogens (tertiary/aromatic N) is 2. The van der Waals surface area contributed by atoms with Crippen molar-refractivity contribution in [3.05, 3.63) is 45.9 Å². The summed E-state index contributed by atoms with van der Waals surface area (Å²) < 4.78 is 18.6. The van der Waals surface area contributed by atoms with E-state index in [0.717, 1.165) is 0 Å². The highest BCUT2D eigenvalue weighted by Crippen LogP contribution is 2.36. The van der Waals surface area contributed by atoms with Crippen LogP contribution in [-0.2, 0) is 30.5 Å². The average Bonchev–Trinajstić information content (AvgIpc) is 2.68. The van der Waals surface area contributed by atoms with Gasteiger partial charge in [0.1, 0.15) is 17.4 Å². The van der Waals surface area contributed by atoms with Crippen LogP contribution in [0.15, 0.2) is 29.5 Å². The number of piperidine rings is 1. The highest BCUT2D eigenvalue weighted by Gasteiger charge is 2.50. The number of carbonyl (C=O) groups excluding carboxylic acids is 4. The molecule has 152 valence electrons. The van der Waals surface area contributed by atoms with Crippen LogP contribution in [0.5, 0.6) is 0 Å². The molecule has 1 atom stereocenters. The quantitative estimate of drug-likeness (QED) is 0.414. The Hall–Kier alpha value is -2.74. The minimum Gasteiger partial charge on any atom is -0.461 e. The summed E-state index contributed by atoms with van der Waals surface area (Å²) in [7, 11) is 0. The zero-order valence-electron chi connectivity index (χ0n) is 15.5. The highest BCUT2D eigenvalue weighted by atomic mass is 35.5. The second-order valence-corrected chi connectivity index (χ2v) is 7.64. The first-order valence-electron chi connectivity index (χ1n) is 9.37. The third-order valence-corrected chi connectivity index (χ3v) is 5.70. The van der Waals surface area contributed by atoms with Gasteiger partial charge in [-0.1, -0.05) is 17.7 Å².